The van der Waals surface area contributed by atoms with Gasteiger partial charge in [0, 0.05) is 5.38 Å². The molecule has 0 aliphatic heterocycles. The molecule has 0 saturated carbocycles. The van der Waals surface area contributed by atoms with E-state index in [9.17, 15) is 21.6 Å². The minimum atomic E-state index is -5.28. The van der Waals surface area contributed by atoms with Gasteiger partial charge in [0.25, 0.3) is 9.84 Å². The van der Waals surface area contributed by atoms with Crippen LogP contribution in [0.25, 0.3) is 0 Å². The van der Waals surface area contributed by atoms with Crippen molar-refractivity contribution < 1.29 is 21.6 Å². The van der Waals surface area contributed by atoms with Crippen LogP contribution in [0.3, 0.4) is 0 Å². The highest BCUT2D eigenvalue weighted by Gasteiger charge is 2.46. The summed E-state index contributed by atoms with van der Waals surface area (Å²) in [6.45, 7) is 3.74. The van der Waals surface area contributed by atoms with Crippen LogP contribution in [0.2, 0.25) is 0 Å². The Morgan fingerprint density at radius 3 is 2.05 bits per heavy atom. The Hall–Kier alpha value is -0.750. The fourth-order valence-corrected chi connectivity index (χ4v) is 2.55. The summed E-state index contributed by atoms with van der Waals surface area (Å²) in [5, 5.41) is -0.148. The molecular formula is C12H14ClF3O2S. The zero-order chi connectivity index (χ0) is 14.8. The molecule has 19 heavy (non-hydrogen) atoms. The molecule has 0 spiro atoms. The molecule has 0 bridgehead atoms. The van der Waals surface area contributed by atoms with Crippen molar-refractivity contribution in [2.45, 2.75) is 42.0 Å². The Balaban J connectivity index is 3.08. The third-order valence-corrected chi connectivity index (χ3v) is 5.14. The highest BCUT2D eigenvalue weighted by molar-refractivity contribution is 7.92. The number of hydrogen-bond donors (Lipinski definition) is 0. The molecule has 0 aliphatic rings. The van der Waals surface area contributed by atoms with E-state index in [4.69, 9.17) is 11.6 Å². The van der Waals surface area contributed by atoms with Crippen LogP contribution in [0.4, 0.5) is 13.2 Å². The van der Waals surface area contributed by atoms with Crippen molar-refractivity contribution >= 4 is 21.4 Å². The first-order valence-corrected chi connectivity index (χ1v) is 7.58. The van der Waals surface area contributed by atoms with Crippen molar-refractivity contribution in [3.63, 3.8) is 0 Å². The first-order chi connectivity index (χ1) is 8.61. The highest BCUT2D eigenvalue weighted by atomic mass is 35.5. The van der Waals surface area contributed by atoms with Gasteiger partial charge >= 0.3 is 5.51 Å². The van der Waals surface area contributed by atoms with E-state index in [0.29, 0.717) is 12.0 Å². The Bertz CT molecular complexity index is 523. The van der Waals surface area contributed by atoms with Crippen LogP contribution in [0, 0.1) is 0 Å². The van der Waals surface area contributed by atoms with Gasteiger partial charge in [-0.05, 0) is 30.0 Å². The predicted octanol–water partition coefficient (Wildman–Crippen LogP) is 4.10. The van der Waals surface area contributed by atoms with Crippen molar-refractivity contribution in [2.75, 3.05) is 0 Å². The van der Waals surface area contributed by atoms with Crippen LogP contribution >= 0.6 is 11.6 Å². The number of halogens is 4. The van der Waals surface area contributed by atoms with Crippen LogP contribution in [0.15, 0.2) is 29.2 Å². The minimum Gasteiger partial charge on any atom is -0.214 e. The highest BCUT2D eigenvalue weighted by Crippen LogP contribution is 2.32. The fraction of sp³-hybridized carbons (Fsp3) is 0.500. The zero-order valence-corrected chi connectivity index (χ0v) is 12.0. The Kier molecular flexibility index (Phi) is 4.90. The molecule has 7 heteroatoms. The third kappa shape index (κ3) is 3.42. The second kappa shape index (κ2) is 5.71. The first kappa shape index (κ1) is 16.3. The minimum absolute atomic E-state index is 0.0608. The molecule has 0 N–H and O–H groups in total. The smallest absolute Gasteiger partial charge is 0.214 e. The van der Waals surface area contributed by atoms with Crippen LogP contribution < -0.4 is 0 Å². The molecule has 0 amide bonds. The van der Waals surface area contributed by atoms with Crippen molar-refractivity contribution in [3.8, 4) is 0 Å². The van der Waals surface area contributed by atoms with Crippen molar-refractivity contribution in [3.05, 3.63) is 29.8 Å². The lowest BCUT2D eigenvalue weighted by Crippen LogP contribution is -2.23. The molecule has 0 fully saturated rings. The van der Waals surface area contributed by atoms with Gasteiger partial charge in [-0.2, -0.15) is 13.2 Å². The Labute approximate surface area is 115 Å². The van der Waals surface area contributed by atoms with E-state index in [-0.39, 0.29) is 11.3 Å². The second-order valence-electron chi connectivity index (χ2n) is 4.23. The van der Waals surface area contributed by atoms with Crippen molar-refractivity contribution in [2.24, 2.45) is 0 Å². The van der Waals surface area contributed by atoms with Crippen LogP contribution in [-0.2, 0) is 9.84 Å². The van der Waals surface area contributed by atoms with Crippen molar-refractivity contribution in [1.29, 1.82) is 0 Å². The normalized spacial score (nSPS) is 16.1. The SMILES string of the molecule is CCC(Cl)C(C)c1ccc(S(=O)(=O)C(F)(F)F)cc1. The van der Waals surface area contributed by atoms with Gasteiger partial charge in [-0.3, -0.25) is 0 Å². The molecule has 1 aromatic rings. The van der Waals surface area contributed by atoms with Gasteiger partial charge in [0.2, 0.25) is 0 Å². The number of rotatable bonds is 4. The quantitative estimate of drug-likeness (QED) is 0.784. The fourth-order valence-electron chi connectivity index (χ4n) is 1.65. The predicted molar refractivity (Wildman–Crippen MR) is 68.0 cm³/mol. The molecule has 0 aromatic heterocycles. The lowest BCUT2D eigenvalue weighted by molar-refractivity contribution is -0.0436. The van der Waals surface area contributed by atoms with Gasteiger partial charge in [0.1, 0.15) is 0 Å². The number of alkyl halides is 4. The third-order valence-electron chi connectivity index (χ3n) is 2.95. The van der Waals surface area contributed by atoms with E-state index in [1.165, 1.54) is 12.1 Å². The monoisotopic (exact) mass is 314 g/mol. The van der Waals surface area contributed by atoms with Gasteiger partial charge in [-0.25, -0.2) is 8.42 Å². The van der Waals surface area contributed by atoms with Gasteiger partial charge in [-0.1, -0.05) is 26.0 Å². The molecule has 0 saturated heterocycles. The van der Waals surface area contributed by atoms with E-state index in [1.807, 2.05) is 13.8 Å². The van der Waals surface area contributed by atoms with E-state index in [2.05, 4.69) is 0 Å². The molecule has 2 unspecified atom stereocenters. The second-order valence-corrected chi connectivity index (χ2v) is 6.73. The Morgan fingerprint density at radius 2 is 1.68 bits per heavy atom. The lowest BCUT2D eigenvalue weighted by atomic mass is 9.96. The summed E-state index contributed by atoms with van der Waals surface area (Å²) in [5.41, 5.74) is -4.57. The summed E-state index contributed by atoms with van der Waals surface area (Å²) in [5.74, 6) is -0.0608. The van der Waals surface area contributed by atoms with Crippen LogP contribution in [0.5, 0.6) is 0 Å². The maximum absolute atomic E-state index is 12.4. The average molecular weight is 315 g/mol. The van der Waals surface area contributed by atoms with E-state index in [1.54, 1.807) is 0 Å². The molecule has 0 heterocycles. The summed E-state index contributed by atoms with van der Waals surface area (Å²) >= 11 is 6.05. The maximum atomic E-state index is 12.4. The average Bonchev–Trinajstić information content (AvgIpc) is 2.35. The summed E-state index contributed by atoms with van der Waals surface area (Å²) in [6.07, 6.45) is 0.714. The standard InChI is InChI=1S/C12H14ClF3O2S/c1-3-11(13)8(2)9-4-6-10(7-5-9)19(17,18)12(14,15)16/h4-8,11H,3H2,1-2H3. The van der Waals surface area contributed by atoms with E-state index in [0.717, 1.165) is 12.1 Å². The van der Waals surface area contributed by atoms with Crippen LogP contribution in [0.1, 0.15) is 31.7 Å². The first-order valence-electron chi connectivity index (χ1n) is 5.66. The van der Waals surface area contributed by atoms with Gasteiger partial charge in [-0.15, -0.1) is 11.6 Å². The molecule has 0 radical (unpaired) electrons. The van der Waals surface area contributed by atoms with E-state index >= 15 is 0 Å². The molecule has 1 aromatic carbocycles. The summed E-state index contributed by atoms with van der Waals surface area (Å²) < 4.78 is 59.4. The molecule has 0 aliphatic carbocycles. The molecule has 2 nitrogen and oxygen atoms in total. The van der Waals surface area contributed by atoms with E-state index < -0.39 is 20.2 Å². The lowest BCUT2D eigenvalue weighted by Gasteiger charge is -2.17. The summed E-state index contributed by atoms with van der Waals surface area (Å²) in [4.78, 5) is -0.751. The zero-order valence-electron chi connectivity index (χ0n) is 10.4. The van der Waals surface area contributed by atoms with Gasteiger partial charge in [0.05, 0.1) is 4.90 Å². The topological polar surface area (TPSA) is 34.1 Å². The molecule has 1 rings (SSSR count). The molecule has 2 atom stereocenters. The number of sulfone groups is 1. The summed E-state index contributed by atoms with van der Waals surface area (Å²) in [7, 11) is -5.28. The number of benzene rings is 1. The Morgan fingerprint density at radius 1 is 1.21 bits per heavy atom. The summed E-state index contributed by atoms with van der Waals surface area (Å²) in [6, 6.07) is 4.67. The van der Waals surface area contributed by atoms with Crippen molar-refractivity contribution in [1.82, 2.24) is 0 Å². The molecule has 108 valence electrons. The maximum Gasteiger partial charge on any atom is 0.501 e. The largest absolute Gasteiger partial charge is 0.501 e. The van der Waals surface area contributed by atoms with Gasteiger partial charge in [0.15, 0.2) is 0 Å². The van der Waals surface area contributed by atoms with Gasteiger partial charge < -0.3 is 0 Å². The number of hydrogen-bond acceptors (Lipinski definition) is 2. The van der Waals surface area contributed by atoms with Crippen LogP contribution in [-0.4, -0.2) is 19.3 Å². The molecular weight excluding hydrogens is 301 g/mol.